The third-order valence-electron chi connectivity index (χ3n) is 6.78. The maximum Gasteiger partial charge on any atom is 0.260 e. The number of allylic oxidation sites excluding steroid dienone is 1. The molecule has 1 fully saturated rings. The van der Waals surface area contributed by atoms with Gasteiger partial charge in [-0.1, -0.05) is 41.9 Å². The van der Waals surface area contributed by atoms with E-state index in [1.165, 1.54) is 5.57 Å². The number of nitrogens with one attached hydrogen (secondary N) is 1. The molecule has 1 unspecified atom stereocenters. The van der Waals surface area contributed by atoms with Crippen molar-refractivity contribution in [2.45, 2.75) is 46.6 Å². The van der Waals surface area contributed by atoms with Crippen LogP contribution in [-0.4, -0.2) is 34.5 Å². The normalized spacial score (nSPS) is 17.4. The summed E-state index contributed by atoms with van der Waals surface area (Å²) in [4.78, 5) is 22.9. The summed E-state index contributed by atoms with van der Waals surface area (Å²) in [6.07, 6.45) is 4.86. The molecule has 188 valence electrons. The van der Waals surface area contributed by atoms with Gasteiger partial charge < -0.3 is 14.6 Å². The van der Waals surface area contributed by atoms with Gasteiger partial charge in [0.15, 0.2) is 0 Å². The van der Waals surface area contributed by atoms with Crippen molar-refractivity contribution in [3.05, 3.63) is 67.6 Å². The van der Waals surface area contributed by atoms with Gasteiger partial charge in [0.05, 0.1) is 6.61 Å². The lowest BCUT2D eigenvalue weighted by atomic mass is 10.0. The Morgan fingerprint density at radius 3 is 2.75 bits per heavy atom. The van der Waals surface area contributed by atoms with Crippen molar-refractivity contribution in [1.82, 2.24) is 20.0 Å². The molecule has 9 heteroatoms. The van der Waals surface area contributed by atoms with Crippen molar-refractivity contribution < 1.29 is 9.26 Å². The molecule has 2 aliphatic rings. The van der Waals surface area contributed by atoms with Crippen LogP contribution >= 0.6 is 11.6 Å². The van der Waals surface area contributed by atoms with Crippen molar-refractivity contribution in [2.24, 2.45) is 10.9 Å². The molecule has 1 aromatic carbocycles. The Labute approximate surface area is 214 Å². The van der Waals surface area contributed by atoms with E-state index in [9.17, 15) is 4.79 Å². The molecule has 5 rings (SSSR count). The average molecular weight is 508 g/mol. The maximum absolute atomic E-state index is 13.7. The molecule has 4 heterocycles. The van der Waals surface area contributed by atoms with E-state index in [0.717, 1.165) is 55.6 Å². The maximum atomic E-state index is 13.7. The first kappa shape index (κ1) is 24.5. The summed E-state index contributed by atoms with van der Waals surface area (Å²) < 4.78 is 12.3. The second-order valence-electron chi connectivity index (χ2n) is 9.15. The monoisotopic (exact) mass is 507 g/mol. The first-order valence-electron chi connectivity index (χ1n) is 12.5. The van der Waals surface area contributed by atoms with E-state index in [-0.39, 0.29) is 5.56 Å². The second kappa shape index (κ2) is 10.4. The van der Waals surface area contributed by atoms with Crippen LogP contribution in [0.2, 0.25) is 5.02 Å². The van der Waals surface area contributed by atoms with Crippen molar-refractivity contribution in [3.63, 3.8) is 0 Å². The molecule has 36 heavy (non-hydrogen) atoms. The number of hydrogen-bond donors (Lipinski definition) is 1. The molecule has 2 aromatic heterocycles. The number of ether oxygens (including phenoxy) is 1. The Morgan fingerprint density at radius 1 is 1.22 bits per heavy atom. The average Bonchev–Trinajstić information content (AvgIpc) is 3.52. The van der Waals surface area contributed by atoms with Crippen molar-refractivity contribution in [3.8, 4) is 22.5 Å². The van der Waals surface area contributed by atoms with Crippen LogP contribution in [0.3, 0.4) is 0 Å². The van der Waals surface area contributed by atoms with E-state index < -0.39 is 0 Å². The molecule has 0 bridgehead atoms. The van der Waals surface area contributed by atoms with E-state index >= 15 is 0 Å². The van der Waals surface area contributed by atoms with E-state index in [2.05, 4.69) is 28.5 Å². The fourth-order valence-corrected chi connectivity index (χ4v) is 4.99. The molecule has 0 spiro atoms. The summed E-state index contributed by atoms with van der Waals surface area (Å²) in [6, 6.07) is 7.37. The summed E-state index contributed by atoms with van der Waals surface area (Å²) in [5.41, 5.74) is 3.71. The van der Waals surface area contributed by atoms with E-state index in [0.29, 0.717) is 45.8 Å². The van der Waals surface area contributed by atoms with Crippen molar-refractivity contribution in [1.29, 1.82) is 0 Å². The zero-order chi connectivity index (χ0) is 25.2. The summed E-state index contributed by atoms with van der Waals surface area (Å²) in [5, 5.41) is 8.89. The van der Waals surface area contributed by atoms with Crippen LogP contribution in [0.4, 0.5) is 0 Å². The van der Waals surface area contributed by atoms with Gasteiger partial charge in [-0.3, -0.25) is 9.36 Å². The van der Waals surface area contributed by atoms with E-state index in [4.69, 9.17) is 25.9 Å². The number of halogens is 1. The van der Waals surface area contributed by atoms with Crippen LogP contribution in [0, 0.1) is 12.8 Å². The van der Waals surface area contributed by atoms with Crippen LogP contribution in [0.1, 0.15) is 39.0 Å². The van der Waals surface area contributed by atoms with Gasteiger partial charge in [-0.2, -0.15) is 4.98 Å². The third kappa shape index (κ3) is 4.75. The topological polar surface area (TPSA) is 94.5 Å². The minimum absolute atomic E-state index is 0.123. The number of benzene rings is 1. The van der Waals surface area contributed by atoms with Gasteiger partial charge in [0.1, 0.15) is 11.3 Å². The van der Waals surface area contributed by atoms with Crippen LogP contribution in [0.15, 0.2) is 50.0 Å². The molecule has 3 aromatic rings. The van der Waals surface area contributed by atoms with Gasteiger partial charge in [-0.25, -0.2) is 4.99 Å². The van der Waals surface area contributed by atoms with Crippen LogP contribution in [0.5, 0.6) is 0 Å². The van der Waals surface area contributed by atoms with Crippen molar-refractivity contribution >= 4 is 17.7 Å². The predicted molar refractivity (Wildman–Crippen MR) is 139 cm³/mol. The number of aromatic nitrogens is 3. The fourth-order valence-electron chi connectivity index (χ4n) is 4.71. The van der Waals surface area contributed by atoms with E-state index in [1.807, 2.05) is 25.1 Å². The second-order valence-corrected chi connectivity index (χ2v) is 9.56. The van der Waals surface area contributed by atoms with Gasteiger partial charge in [0.25, 0.3) is 5.56 Å². The lowest BCUT2D eigenvalue weighted by molar-refractivity contribution is 0.186. The summed E-state index contributed by atoms with van der Waals surface area (Å²) in [5.74, 6) is 2.29. The summed E-state index contributed by atoms with van der Waals surface area (Å²) >= 11 is 6.68. The molecule has 0 radical (unpaired) electrons. The largest absolute Gasteiger partial charge is 0.381 e. The number of fused-ring (bicyclic) bond motifs is 1. The van der Waals surface area contributed by atoms with Gasteiger partial charge in [-0.05, 0) is 43.9 Å². The molecule has 0 amide bonds. The summed E-state index contributed by atoms with van der Waals surface area (Å²) in [6.45, 7) is 8.74. The lowest BCUT2D eigenvalue weighted by Gasteiger charge is -2.14. The number of nitrogens with zero attached hydrogens (tertiary/aromatic N) is 4. The first-order valence-corrected chi connectivity index (χ1v) is 12.8. The highest BCUT2D eigenvalue weighted by atomic mass is 35.5. The standard InChI is InChI=1S/C27H30ClN5O3/c1-4-18-6-7-20-12-22(21-9-8-19(13-23(21)28)25-30-16(3)36-32-25)27(34)33(5-2)26(20)31-24(18)29-14-17-10-11-35-15-17/h7-9,12-13,17,29H,4-6,10-11,14-15H2,1-3H3. The third-order valence-corrected chi connectivity index (χ3v) is 7.09. The Kier molecular flexibility index (Phi) is 7.07. The predicted octanol–water partition coefficient (Wildman–Crippen LogP) is 3.60. The Morgan fingerprint density at radius 2 is 2.08 bits per heavy atom. The molecular formula is C27H30ClN5O3. The van der Waals surface area contributed by atoms with Crippen LogP contribution in [-0.2, 0) is 11.3 Å². The lowest BCUT2D eigenvalue weighted by Crippen LogP contribution is -2.44. The van der Waals surface area contributed by atoms with Crippen molar-refractivity contribution in [2.75, 3.05) is 19.8 Å². The SMILES string of the molecule is CCC1=C(NCC2CCOC2)N=c2c(cc(-c3ccc(-c4noc(C)n4)cc3Cl)c(=O)n2CC)=CC1. The molecule has 1 N–H and O–H groups in total. The number of aryl methyl sites for hydroxylation is 1. The molecular weight excluding hydrogens is 478 g/mol. The molecule has 8 nitrogen and oxygen atoms in total. The number of rotatable bonds is 7. The number of hydrogen-bond acceptors (Lipinski definition) is 7. The smallest absolute Gasteiger partial charge is 0.260 e. The highest BCUT2D eigenvalue weighted by molar-refractivity contribution is 6.33. The van der Waals surface area contributed by atoms with Gasteiger partial charge in [-0.15, -0.1) is 0 Å². The molecule has 0 saturated carbocycles. The van der Waals surface area contributed by atoms with E-state index in [1.54, 1.807) is 17.6 Å². The molecule has 1 atom stereocenters. The van der Waals surface area contributed by atoms with Gasteiger partial charge in [0, 0.05) is 59.5 Å². The highest BCUT2D eigenvalue weighted by Crippen LogP contribution is 2.29. The van der Waals surface area contributed by atoms with Crippen LogP contribution in [0.25, 0.3) is 28.6 Å². The van der Waals surface area contributed by atoms with Crippen LogP contribution < -0.4 is 21.6 Å². The zero-order valence-electron chi connectivity index (χ0n) is 20.8. The Bertz CT molecular complexity index is 1500. The Balaban J connectivity index is 1.57. The minimum Gasteiger partial charge on any atom is -0.381 e. The summed E-state index contributed by atoms with van der Waals surface area (Å²) in [7, 11) is 0. The fraction of sp³-hybridized carbons (Fsp3) is 0.407. The quantitative estimate of drug-likeness (QED) is 0.525. The first-order chi connectivity index (χ1) is 17.5. The molecule has 2 aliphatic heterocycles. The highest BCUT2D eigenvalue weighted by Gasteiger charge is 2.19. The molecule has 1 saturated heterocycles. The number of pyridine rings is 1. The Hall–Kier alpha value is -3.23. The minimum atomic E-state index is -0.123. The van der Waals surface area contributed by atoms with Gasteiger partial charge in [0.2, 0.25) is 11.7 Å². The zero-order valence-corrected chi connectivity index (χ0v) is 21.6. The van der Waals surface area contributed by atoms with Gasteiger partial charge >= 0.3 is 0 Å². The molecule has 0 aliphatic carbocycles.